The van der Waals surface area contributed by atoms with Gasteiger partial charge in [-0.1, -0.05) is 6.07 Å². The summed E-state index contributed by atoms with van der Waals surface area (Å²) in [6.45, 7) is 2.29. The number of amides is 1. The first-order valence-corrected chi connectivity index (χ1v) is 10.2. The summed E-state index contributed by atoms with van der Waals surface area (Å²) in [6.07, 6.45) is 2.49. The maximum atomic E-state index is 12.7. The number of aryl methyl sites for hydroxylation is 1. The van der Waals surface area contributed by atoms with E-state index in [2.05, 4.69) is 20.5 Å². The van der Waals surface area contributed by atoms with E-state index >= 15 is 0 Å². The maximum Gasteiger partial charge on any atom is 0.263 e. The molecule has 0 saturated heterocycles. The predicted molar refractivity (Wildman–Crippen MR) is 114 cm³/mol. The van der Waals surface area contributed by atoms with Gasteiger partial charge >= 0.3 is 0 Å². The number of hydrogen-bond acceptors (Lipinski definition) is 7. The minimum Gasteiger partial charge on any atom is -0.493 e. The number of methoxy groups -OCH3 is 2. The number of pyridine rings is 1. The highest BCUT2D eigenvalue weighted by molar-refractivity contribution is 7.17. The number of nitrogens with one attached hydrogen (secondary N) is 1. The Morgan fingerprint density at radius 3 is 2.77 bits per heavy atom. The van der Waals surface area contributed by atoms with Gasteiger partial charge < -0.3 is 14.8 Å². The number of aromatic nitrogens is 4. The van der Waals surface area contributed by atoms with Crippen molar-refractivity contribution in [2.75, 3.05) is 20.8 Å². The molecule has 0 spiro atoms. The van der Waals surface area contributed by atoms with Gasteiger partial charge in [-0.2, -0.15) is 0 Å². The van der Waals surface area contributed by atoms with Crippen molar-refractivity contribution >= 4 is 22.9 Å². The Kier molecular flexibility index (Phi) is 5.62. The van der Waals surface area contributed by atoms with Gasteiger partial charge in [-0.05, 0) is 37.3 Å². The normalized spacial score (nSPS) is 10.9. The minimum atomic E-state index is -0.148. The molecule has 0 atom stereocenters. The highest BCUT2D eigenvalue weighted by Gasteiger charge is 2.17. The molecule has 9 heteroatoms. The minimum absolute atomic E-state index is 0.148. The first-order valence-electron chi connectivity index (χ1n) is 9.37. The lowest BCUT2D eigenvalue weighted by Gasteiger charge is -2.08. The van der Waals surface area contributed by atoms with Crippen molar-refractivity contribution in [3.63, 3.8) is 0 Å². The van der Waals surface area contributed by atoms with E-state index < -0.39 is 0 Å². The molecule has 30 heavy (non-hydrogen) atoms. The van der Waals surface area contributed by atoms with E-state index in [-0.39, 0.29) is 5.91 Å². The molecule has 0 fully saturated rings. The Morgan fingerprint density at radius 2 is 1.97 bits per heavy atom. The molecule has 0 aliphatic heterocycles. The number of fused-ring (bicyclic) bond motifs is 1. The zero-order valence-corrected chi connectivity index (χ0v) is 17.7. The molecular weight excluding hydrogens is 402 g/mol. The molecular formula is C21H21N5O3S. The zero-order valence-electron chi connectivity index (χ0n) is 16.9. The quantitative estimate of drug-likeness (QED) is 0.491. The van der Waals surface area contributed by atoms with Crippen LogP contribution in [0.15, 0.2) is 42.6 Å². The van der Waals surface area contributed by atoms with Gasteiger partial charge in [0, 0.05) is 24.7 Å². The average molecular weight is 423 g/mol. The van der Waals surface area contributed by atoms with Crippen LogP contribution in [0.25, 0.3) is 16.2 Å². The number of carbonyl (C=O) groups is 1. The summed E-state index contributed by atoms with van der Waals surface area (Å²) < 4.78 is 12.6. The second kappa shape index (κ2) is 8.50. The van der Waals surface area contributed by atoms with Crippen molar-refractivity contribution in [1.82, 2.24) is 24.9 Å². The van der Waals surface area contributed by atoms with Crippen LogP contribution >= 0.6 is 11.3 Å². The van der Waals surface area contributed by atoms with Crippen molar-refractivity contribution in [3.8, 4) is 22.1 Å². The number of rotatable bonds is 7. The molecule has 1 aromatic carbocycles. The van der Waals surface area contributed by atoms with Crippen molar-refractivity contribution in [2.45, 2.75) is 13.3 Å². The third-order valence-electron chi connectivity index (χ3n) is 4.65. The largest absolute Gasteiger partial charge is 0.493 e. The van der Waals surface area contributed by atoms with Crippen LogP contribution < -0.4 is 14.8 Å². The van der Waals surface area contributed by atoms with E-state index in [4.69, 9.17) is 9.47 Å². The van der Waals surface area contributed by atoms with E-state index in [1.54, 1.807) is 14.2 Å². The lowest BCUT2D eigenvalue weighted by molar-refractivity contribution is 0.0957. The summed E-state index contributed by atoms with van der Waals surface area (Å²) in [5, 5.41) is 12.0. The fraction of sp³-hybridized carbons (Fsp3) is 0.238. The highest BCUT2D eigenvalue weighted by atomic mass is 32.1. The van der Waals surface area contributed by atoms with E-state index in [9.17, 15) is 4.79 Å². The Morgan fingerprint density at radius 1 is 1.13 bits per heavy atom. The van der Waals surface area contributed by atoms with E-state index in [0.717, 1.165) is 22.0 Å². The van der Waals surface area contributed by atoms with E-state index in [1.807, 2.05) is 53.9 Å². The molecule has 1 N–H and O–H groups in total. The van der Waals surface area contributed by atoms with E-state index in [1.165, 1.54) is 11.3 Å². The second-order valence-electron chi connectivity index (χ2n) is 6.55. The number of nitrogens with zero attached hydrogens (tertiary/aromatic N) is 4. The third-order valence-corrected chi connectivity index (χ3v) is 5.86. The summed E-state index contributed by atoms with van der Waals surface area (Å²) in [6, 6.07) is 11.3. The summed E-state index contributed by atoms with van der Waals surface area (Å²) >= 11 is 1.35. The molecule has 0 unspecified atom stereocenters. The van der Waals surface area contributed by atoms with E-state index in [0.29, 0.717) is 35.0 Å². The van der Waals surface area contributed by atoms with Crippen molar-refractivity contribution in [3.05, 3.63) is 59.0 Å². The van der Waals surface area contributed by atoms with Gasteiger partial charge in [0.15, 0.2) is 17.1 Å². The van der Waals surface area contributed by atoms with Crippen molar-refractivity contribution < 1.29 is 14.3 Å². The van der Waals surface area contributed by atoms with Crippen LogP contribution in [0.1, 0.15) is 21.2 Å². The lowest BCUT2D eigenvalue weighted by Crippen LogP contribution is -2.26. The molecule has 0 radical (unpaired) electrons. The van der Waals surface area contributed by atoms with Gasteiger partial charge in [-0.25, -0.2) is 4.98 Å². The molecule has 3 aromatic heterocycles. The van der Waals surface area contributed by atoms with Crippen LogP contribution in [-0.4, -0.2) is 46.3 Å². The topological polar surface area (TPSA) is 90.6 Å². The number of benzene rings is 1. The number of hydrogen-bond donors (Lipinski definition) is 1. The number of carbonyl (C=O) groups excluding carboxylic acids is 1. The molecule has 3 heterocycles. The van der Waals surface area contributed by atoms with Crippen LogP contribution in [-0.2, 0) is 6.42 Å². The molecule has 0 aliphatic carbocycles. The van der Waals surface area contributed by atoms with Gasteiger partial charge in [0.1, 0.15) is 15.7 Å². The second-order valence-corrected chi connectivity index (χ2v) is 7.55. The standard InChI is InChI=1S/C21H21N5O3S/c1-13-19(30-21(23-13)14-7-8-15(28-2)16(12-14)29-3)20(27)22-10-9-18-25-24-17-6-4-5-11-26(17)18/h4-8,11-12H,9-10H2,1-3H3,(H,22,27). The molecule has 8 nitrogen and oxygen atoms in total. The number of thiazole rings is 1. The Hall–Kier alpha value is -3.46. The van der Waals surface area contributed by atoms with Gasteiger partial charge in [-0.15, -0.1) is 21.5 Å². The fourth-order valence-electron chi connectivity index (χ4n) is 3.13. The molecule has 4 rings (SSSR count). The summed E-state index contributed by atoms with van der Waals surface area (Å²) in [5.74, 6) is 1.92. The predicted octanol–water partition coefficient (Wildman–Crippen LogP) is 3.15. The Balaban J connectivity index is 1.45. The van der Waals surface area contributed by atoms with Crippen molar-refractivity contribution in [1.29, 1.82) is 0 Å². The van der Waals surface area contributed by atoms with Gasteiger partial charge in [-0.3, -0.25) is 9.20 Å². The smallest absolute Gasteiger partial charge is 0.263 e. The van der Waals surface area contributed by atoms with Crippen LogP contribution in [0.3, 0.4) is 0 Å². The fourth-order valence-corrected chi connectivity index (χ4v) is 4.11. The van der Waals surface area contributed by atoms with Crippen LogP contribution in [0.5, 0.6) is 11.5 Å². The summed E-state index contributed by atoms with van der Waals surface area (Å²) in [5.41, 5.74) is 2.35. The molecule has 154 valence electrons. The molecule has 0 saturated carbocycles. The van der Waals surface area contributed by atoms with Gasteiger partial charge in [0.05, 0.1) is 19.9 Å². The monoisotopic (exact) mass is 423 g/mol. The first kappa shape index (κ1) is 19.8. The zero-order chi connectivity index (χ0) is 21.1. The SMILES string of the molecule is COc1ccc(-c2nc(C)c(C(=O)NCCc3nnc4ccccn34)s2)cc1OC. The molecule has 0 bridgehead atoms. The third kappa shape index (κ3) is 3.84. The van der Waals surface area contributed by atoms with Gasteiger partial charge in [0.25, 0.3) is 5.91 Å². The summed E-state index contributed by atoms with van der Waals surface area (Å²) in [4.78, 5) is 17.9. The highest BCUT2D eigenvalue weighted by Crippen LogP contribution is 2.34. The van der Waals surface area contributed by atoms with Crippen LogP contribution in [0.4, 0.5) is 0 Å². The number of ether oxygens (including phenoxy) is 2. The van der Waals surface area contributed by atoms with Gasteiger partial charge in [0.2, 0.25) is 0 Å². The van der Waals surface area contributed by atoms with Crippen molar-refractivity contribution in [2.24, 2.45) is 0 Å². The lowest BCUT2D eigenvalue weighted by atomic mass is 10.2. The molecule has 1 amide bonds. The molecule has 4 aromatic rings. The maximum absolute atomic E-state index is 12.7. The van der Waals surface area contributed by atoms with Crippen LogP contribution in [0.2, 0.25) is 0 Å². The average Bonchev–Trinajstić information content (AvgIpc) is 3.37. The Labute approximate surface area is 177 Å². The van der Waals surface area contributed by atoms with Crippen LogP contribution in [0, 0.1) is 6.92 Å². The molecule has 0 aliphatic rings. The first-order chi connectivity index (χ1) is 14.6. The summed E-state index contributed by atoms with van der Waals surface area (Å²) in [7, 11) is 3.18. The Bertz CT molecular complexity index is 1200.